The van der Waals surface area contributed by atoms with Crippen LogP contribution in [0.25, 0.3) is 11.1 Å². The lowest BCUT2D eigenvalue weighted by Crippen LogP contribution is -1.99. The van der Waals surface area contributed by atoms with Gasteiger partial charge in [0.05, 0.1) is 26.9 Å². The van der Waals surface area contributed by atoms with Crippen molar-refractivity contribution >= 4 is 17.1 Å². The van der Waals surface area contributed by atoms with Crippen LogP contribution in [-0.4, -0.2) is 33.9 Å². The molecule has 0 amide bonds. The molecule has 1 heterocycles. The topological polar surface area (TPSA) is 54.0 Å². The molecule has 1 aliphatic heterocycles. The molecule has 24 heavy (non-hydrogen) atoms. The van der Waals surface area contributed by atoms with Crippen LogP contribution < -0.4 is 14.2 Å². The molecule has 0 aliphatic carbocycles. The maximum Gasteiger partial charge on any atom is 0.339 e. The lowest BCUT2D eigenvalue weighted by molar-refractivity contribution is -0.133. The number of hydrogen-bond donors (Lipinski definition) is 0. The minimum Gasteiger partial charge on any atom is -0.493 e. The fourth-order valence-corrected chi connectivity index (χ4v) is 2.79. The molecule has 0 atom stereocenters. The number of carbonyl (C=O) groups excluding carboxylic acids is 1. The standard InChI is InChI=1S/C19H18O5/c1-21-15-9-13(10-16(22-2)18(15)23-3)14-11-24-19(20)17(14)12-7-5-4-6-8-12/h4-10H,11H2,1-3H3. The second-order valence-electron chi connectivity index (χ2n) is 5.21. The van der Waals surface area contributed by atoms with Gasteiger partial charge in [-0.05, 0) is 23.3 Å². The van der Waals surface area contributed by atoms with Crippen LogP contribution in [0.4, 0.5) is 0 Å². The van der Waals surface area contributed by atoms with E-state index in [-0.39, 0.29) is 12.6 Å². The third-order valence-electron chi connectivity index (χ3n) is 3.93. The molecule has 0 unspecified atom stereocenters. The van der Waals surface area contributed by atoms with Gasteiger partial charge in [-0.2, -0.15) is 0 Å². The Bertz CT molecular complexity index is 768. The molecule has 0 saturated heterocycles. The van der Waals surface area contributed by atoms with E-state index in [9.17, 15) is 4.79 Å². The summed E-state index contributed by atoms with van der Waals surface area (Å²) >= 11 is 0. The zero-order valence-corrected chi connectivity index (χ0v) is 13.8. The molecule has 0 fully saturated rings. The van der Waals surface area contributed by atoms with Gasteiger partial charge in [0, 0.05) is 5.57 Å². The molecule has 0 aromatic heterocycles. The predicted octanol–water partition coefficient (Wildman–Crippen LogP) is 3.18. The lowest BCUT2D eigenvalue weighted by Gasteiger charge is -2.14. The Hall–Kier alpha value is -2.95. The van der Waals surface area contributed by atoms with Crippen LogP contribution in [0.15, 0.2) is 42.5 Å². The molecular formula is C19H18O5. The van der Waals surface area contributed by atoms with Crippen molar-refractivity contribution in [1.29, 1.82) is 0 Å². The Labute approximate surface area is 140 Å². The highest BCUT2D eigenvalue weighted by Crippen LogP contribution is 2.42. The third-order valence-corrected chi connectivity index (χ3v) is 3.93. The van der Waals surface area contributed by atoms with E-state index in [2.05, 4.69) is 0 Å². The van der Waals surface area contributed by atoms with E-state index in [4.69, 9.17) is 18.9 Å². The van der Waals surface area contributed by atoms with Crippen molar-refractivity contribution in [2.45, 2.75) is 0 Å². The van der Waals surface area contributed by atoms with Crippen LogP contribution in [-0.2, 0) is 9.53 Å². The van der Waals surface area contributed by atoms with Crippen LogP contribution in [0.5, 0.6) is 17.2 Å². The third kappa shape index (κ3) is 2.69. The molecule has 2 aromatic carbocycles. The van der Waals surface area contributed by atoms with Crippen molar-refractivity contribution in [3.05, 3.63) is 53.6 Å². The number of esters is 1. The predicted molar refractivity (Wildman–Crippen MR) is 90.3 cm³/mol. The fraction of sp³-hybridized carbons (Fsp3) is 0.211. The van der Waals surface area contributed by atoms with Gasteiger partial charge >= 0.3 is 5.97 Å². The van der Waals surface area contributed by atoms with Crippen LogP contribution >= 0.6 is 0 Å². The normalized spacial score (nSPS) is 13.7. The van der Waals surface area contributed by atoms with Gasteiger partial charge in [-0.1, -0.05) is 30.3 Å². The molecular weight excluding hydrogens is 308 g/mol. The number of benzene rings is 2. The van der Waals surface area contributed by atoms with Crippen molar-refractivity contribution in [2.24, 2.45) is 0 Å². The molecule has 0 spiro atoms. The van der Waals surface area contributed by atoms with Gasteiger partial charge < -0.3 is 18.9 Å². The smallest absolute Gasteiger partial charge is 0.339 e. The largest absolute Gasteiger partial charge is 0.493 e. The van der Waals surface area contributed by atoms with E-state index in [0.29, 0.717) is 22.8 Å². The summed E-state index contributed by atoms with van der Waals surface area (Å²) in [4.78, 5) is 12.2. The number of hydrogen-bond acceptors (Lipinski definition) is 5. The summed E-state index contributed by atoms with van der Waals surface area (Å²) < 4.78 is 21.4. The SMILES string of the molecule is COc1cc(C2=C(c3ccccc3)C(=O)OC2)cc(OC)c1OC. The Morgan fingerprint density at radius 2 is 1.50 bits per heavy atom. The number of cyclic esters (lactones) is 1. The van der Waals surface area contributed by atoms with Crippen molar-refractivity contribution < 1.29 is 23.7 Å². The first-order chi connectivity index (χ1) is 11.7. The van der Waals surface area contributed by atoms with Crippen molar-refractivity contribution in [3.8, 4) is 17.2 Å². The highest BCUT2D eigenvalue weighted by molar-refractivity contribution is 6.27. The first-order valence-corrected chi connectivity index (χ1v) is 7.45. The van der Waals surface area contributed by atoms with E-state index in [1.807, 2.05) is 42.5 Å². The summed E-state index contributed by atoms with van der Waals surface area (Å²) in [6.07, 6.45) is 0. The van der Waals surface area contributed by atoms with Gasteiger partial charge in [0.2, 0.25) is 5.75 Å². The monoisotopic (exact) mass is 326 g/mol. The van der Waals surface area contributed by atoms with Gasteiger partial charge in [0.1, 0.15) is 6.61 Å². The van der Waals surface area contributed by atoms with Crippen LogP contribution in [0.1, 0.15) is 11.1 Å². The van der Waals surface area contributed by atoms with Crippen molar-refractivity contribution in [3.63, 3.8) is 0 Å². The Kier molecular flexibility index (Phi) is 4.42. The van der Waals surface area contributed by atoms with Gasteiger partial charge in [0.15, 0.2) is 11.5 Å². The molecule has 5 heteroatoms. The summed E-state index contributed by atoms with van der Waals surface area (Å²) in [7, 11) is 4.67. The Morgan fingerprint density at radius 1 is 0.875 bits per heavy atom. The van der Waals surface area contributed by atoms with Gasteiger partial charge in [-0.25, -0.2) is 4.79 Å². The molecule has 5 nitrogen and oxygen atoms in total. The van der Waals surface area contributed by atoms with Gasteiger partial charge in [0.25, 0.3) is 0 Å². The maximum absolute atomic E-state index is 12.2. The average molecular weight is 326 g/mol. The van der Waals surface area contributed by atoms with Gasteiger partial charge in [-0.3, -0.25) is 0 Å². The first kappa shape index (κ1) is 15.9. The fourth-order valence-electron chi connectivity index (χ4n) is 2.79. The summed E-state index contributed by atoms with van der Waals surface area (Å²) in [5, 5.41) is 0. The molecule has 0 radical (unpaired) electrons. The quantitative estimate of drug-likeness (QED) is 0.790. The van der Waals surface area contributed by atoms with Crippen molar-refractivity contribution in [1.82, 2.24) is 0 Å². The van der Waals surface area contributed by atoms with E-state index in [1.54, 1.807) is 21.3 Å². The lowest BCUT2D eigenvalue weighted by atomic mass is 9.96. The molecule has 1 aliphatic rings. The van der Waals surface area contributed by atoms with Crippen molar-refractivity contribution in [2.75, 3.05) is 27.9 Å². The second-order valence-corrected chi connectivity index (χ2v) is 5.21. The first-order valence-electron chi connectivity index (χ1n) is 7.45. The summed E-state index contributed by atoms with van der Waals surface area (Å²) in [5.74, 6) is 1.25. The second kappa shape index (κ2) is 6.66. The maximum atomic E-state index is 12.2. The van der Waals surface area contributed by atoms with E-state index in [1.165, 1.54) is 0 Å². The van der Waals surface area contributed by atoms with Crippen LogP contribution in [0, 0.1) is 0 Å². The van der Waals surface area contributed by atoms with E-state index >= 15 is 0 Å². The van der Waals surface area contributed by atoms with E-state index < -0.39 is 0 Å². The van der Waals surface area contributed by atoms with E-state index in [0.717, 1.165) is 16.7 Å². The summed E-state index contributed by atoms with van der Waals surface area (Å²) in [6.45, 7) is 0.210. The number of carbonyl (C=O) groups is 1. The summed E-state index contributed by atoms with van der Waals surface area (Å²) in [6, 6.07) is 13.1. The van der Waals surface area contributed by atoms with Gasteiger partial charge in [-0.15, -0.1) is 0 Å². The zero-order valence-electron chi connectivity index (χ0n) is 13.8. The summed E-state index contributed by atoms with van der Waals surface area (Å²) in [5.41, 5.74) is 2.98. The van der Waals surface area contributed by atoms with Crippen LogP contribution in [0.2, 0.25) is 0 Å². The number of rotatable bonds is 5. The minimum absolute atomic E-state index is 0.210. The number of ether oxygens (including phenoxy) is 4. The molecule has 124 valence electrons. The average Bonchev–Trinajstić information content (AvgIpc) is 3.02. The zero-order chi connectivity index (χ0) is 17.1. The molecule has 2 aromatic rings. The van der Waals surface area contributed by atoms with Crippen LogP contribution in [0.3, 0.4) is 0 Å². The Balaban J connectivity index is 2.20. The molecule has 0 bridgehead atoms. The molecule has 3 rings (SSSR count). The number of methoxy groups -OCH3 is 3. The highest BCUT2D eigenvalue weighted by Gasteiger charge is 2.28. The highest BCUT2D eigenvalue weighted by atomic mass is 16.5. The molecule has 0 saturated carbocycles. The minimum atomic E-state index is -0.329. The Morgan fingerprint density at radius 3 is 2.04 bits per heavy atom. The molecule has 0 N–H and O–H groups in total.